The van der Waals surface area contributed by atoms with Crippen LogP contribution in [0.3, 0.4) is 0 Å². The number of ether oxygens (including phenoxy) is 2. The molecule has 1 aromatic carbocycles. The first-order valence-corrected chi connectivity index (χ1v) is 8.85. The van der Waals surface area contributed by atoms with Crippen LogP contribution >= 0.6 is 0 Å². The number of nitrogens with one attached hydrogen (secondary N) is 1. The number of benzene rings is 1. The summed E-state index contributed by atoms with van der Waals surface area (Å²) in [5, 5.41) is 49.9. The van der Waals surface area contributed by atoms with Crippen LogP contribution in [0.2, 0.25) is 0 Å². The molecule has 2 heterocycles. The summed E-state index contributed by atoms with van der Waals surface area (Å²) in [5.74, 6) is -2.34. The molecule has 0 unspecified atom stereocenters. The van der Waals surface area contributed by atoms with Crippen LogP contribution in [0.25, 0.3) is 0 Å². The van der Waals surface area contributed by atoms with E-state index in [0.717, 1.165) is 12.8 Å². The van der Waals surface area contributed by atoms with Crippen molar-refractivity contribution in [2.75, 3.05) is 0 Å². The maximum absolute atomic E-state index is 11.2. The summed E-state index contributed by atoms with van der Waals surface area (Å²) in [6.45, 7) is 0. The van der Waals surface area contributed by atoms with Crippen molar-refractivity contribution in [2.24, 2.45) is 16.7 Å². The lowest BCUT2D eigenvalue weighted by molar-refractivity contribution is -0.385. The highest BCUT2D eigenvalue weighted by atomic mass is 16.7. The van der Waals surface area contributed by atoms with Gasteiger partial charge in [-0.3, -0.25) is 15.5 Å². The van der Waals surface area contributed by atoms with E-state index < -0.39 is 39.5 Å². The fourth-order valence-corrected chi connectivity index (χ4v) is 4.96. The average molecular weight is 377 g/mol. The van der Waals surface area contributed by atoms with E-state index in [-0.39, 0.29) is 11.3 Å². The molecule has 3 aliphatic rings. The zero-order valence-corrected chi connectivity index (χ0v) is 14.7. The molecule has 4 atom stereocenters. The van der Waals surface area contributed by atoms with E-state index in [0.29, 0.717) is 12.8 Å². The fraction of sp³-hybridized carbons (Fsp3) is 0.474. The van der Waals surface area contributed by atoms with Crippen LogP contribution in [0.4, 0.5) is 5.69 Å². The van der Waals surface area contributed by atoms with Gasteiger partial charge >= 0.3 is 0 Å². The van der Waals surface area contributed by atoms with Gasteiger partial charge in [0.2, 0.25) is 17.1 Å². The number of hydrogen-bond donors (Lipinski definition) is 1. The summed E-state index contributed by atoms with van der Waals surface area (Å²) in [7, 11) is 0. The Morgan fingerprint density at radius 1 is 1.21 bits per heavy atom. The SMILES string of the molecule is N#CC1(C#N)[C@H](c2cccc([N+](=O)[O-])c2)O[C@@]23CCCC[C@@H]2[C@@]1(C#N)C(=N)O3. The van der Waals surface area contributed by atoms with Gasteiger partial charge in [0.15, 0.2) is 5.41 Å². The van der Waals surface area contributed by atoms with Crippen LogP contribution in [0.15, 0.2) is 24.3 Å². The van der Waals surface area contributed by atoms with Crippen molar-refractivity contribution < 1.29 is 14.4 Å². The Morgan fingerprint density at radius 2 is 1.96 bits per heavy atom. The number of non-ortho nitro benzene ring substituents is 1. The van der Waals surface area contributed by atoms with Crippen molar-refractivity contribution in [2.45, 2.75) is 37.6 Å². The fourth-order valence-electron chi connectivity index (χ4n) is 4.96. The normalized spacial score (nSPS) is 34.8. The summed E-state index contributed by atoms with van der Waals surface area (Å²) in [6.07, 6.45) is 1.16. The second-order valence-electron chi connectivity index (χ2n) is 7.34. The van der Waals surface area contributed by atoms with Gasteiger partial charge in [-0.15, -0.1) is 0 Å². The Morgan fingerprint density at radius 3 is 2.61 bits per heavy atom. The highest BCUT2D eigenvalue weighted by molar-refractivity contribution is 5.89. The second kappa shape index (κ2) is 5.76. The summed E-state index contributed by atoms with van der Waals surface area (Å²) < 4.78 is 12.0. The first-order chi connectivity index (χ1) is 13.4. The monoisotopic (exact) mass is 377 g/mol. The summed E-state index contributed by atoms with van der Waals surface area (Å²) in [4.78, 5) is 10.6. The third-order valence-electron chi connectivity index (χ3n) is 6.20. The zero-order valence-electron chi connectivity index (χ0n) is 14.7. The van der Waals surface area contributed by atoms with E-state index in [1.807, 2.05) is 12.1 Å². The standard InChI is InChI=1S/C19H15N5O4/c20-9-17(10-21)15(12-4-3-5-13(8-12)24(25)26)27-19-7-2-1-6-14(19)18(17,11-22)16(23)28-19/h3-5,8,14-15,23H,1-2,6-7H2/t14-,15+,18+,19-/m1/s1. The maximum atomic E-state index is 11.2. The topological polar surface area (TPSA) is 157 Å². The molecule has 1 saturated carbocycles. The van der Waals surface area contributed by atoms with Crippen molar-refractivity contribution in [3.05, 3.63) is 39.9 Å². The van der Waals surface area contributed by atoms with Crippen molar-refractivity contribution in [1.82, 2.24) is 0 Å². The molecule has 140 valence electrons. The molecule has 2 bridgehead atoms. The van der Waals surface area contributed by atoms with Crippen LogP contribution in [-0.2, 0) is 9.47 Å². The van der Waals surface area contributed by atoms with Crippen LogP contribution in [0.1, 0.15) is 37.4 Å². The first-order valence-electron chi connectivity index (χ1n) is 8.85. The molecule has 1 N–H and O–H groups in total. The summed E-state index contributed by atoms with van der Waals surface area (Å²) in [5.41, 5.74) is -3.86. The van der Waals surface area contributed by atoms with Gasteiger partial charge in [-0.1, -0.05) is 18.6 Å². The van der Waals surface area contributed by atoms with E-state index >= 15 is 0 Å². The minimum absolute atomic E-state index is 0.219. The van der Waals surface area contributed by atoms with E-state index in [4.69, 9.17) is 14.9 Å². The molecule has 1 aromatic rings. The molecule has 3 fully saturated rings. The molecule has 0 aromatic heterocycles. The number of nitro groups is 1. The van der Waals surface area contributed by atoms with Gasteiger partial charge in [-0.05, 0) is 18.4 Å². The average Bonchev–Trinajstić information content (AvgIpc) is 2.92. The molecule has 4 rings (SSSR count). The smallest absolute Gasteiger partial charge is 0.269 e. The Labute approximate surface area is 160 Å². The van der Waals surface area contributed by atoms with Gasteiger partial charge in [-0.25, -0.2) is 0 Å². The Kier molecular flexibility index (Phi) is 3.68. The van der Waals surface area contributed by atoms with Crippen molar-refractivity contribution in [3.8, 4) is 18.2 Å². The molecule has 28 heavy (non-hydrogen) atoms. The first kappa shape index (κ1) is 17.9. The van der Waals surface area contributed by atoms with Gasteiger partial charge in [0.05, 0.1) is 29.0 Å². The van der Waals surface area contributed by atoms with Crippen LogP contribution in [0.5, 0.6) is 0 Å². The lowest BCUT2D eigenvalue weighted by Crippen LogP contribution is -2.60. The van der Waals surface area contributed by atoms with Gasteiger partial charge < -0.3 is 9.47 Å². The minimum atomic E-state index is -2.07. The molecule has 0 amide bonds. The quantitative estimate of drug-likeness (QED) is 0.612. The van der Waals surface area contributed by atoms with Gasteiger partial charge in [0.25, 0.3) is 5.69 Å². The number of rotatable bonds is 2. The molecule has 2 saturated heterocycles. The molecule has 0 spiro atoms. The Bertz CT molecular complexity index is 1000. The Balaban J connectivity index is 1.99. The van der Waals surface area contributed by atoms with Crippen LogP contribution in [-0.4, -0.2) is 16.6 Å². The largest absolute Gasteiger partial charge is 0.447 e. The number of hydrogen-bond acceptors (Lipinski definition) is 8. The van der Waals surface area contributed by atoms with E-state index in [2.05, 4.69) is 6.07 Å². The molecular formula is C19H15N5O4. The molecule has 2 aliphatic heterocycles. The number of nitro benzene ring substituents is 1. The van der Waals surface area contributed by atoms with Gasteiger partial charge in [0.1, 0.15) is 6.10 Å². The van der Waals surface area contributed by atoms with Crippen LogP contribution < -0.4 is 0 Å². The predicted octanol–water partition coefficient (Wildman–Crippen LogP) is 3.10. The second-order valence-corrected chi connectivity index (χ2v) is 7.34. The zero-order chi connectivity index (χ0) is 20.2. The number of nitriles is 3. The number of nitrogens with zero attached hydrogens (tertiary/aromatic N) is 4. The Hall–Kier alpha value is -3.48. The minimum Gasteiger partial charge on any atom is -0.447 e. The van der Waals surface area contributed by atoms with Gasteiger partial charge in [-0.2, -0.15) is 15.8 Å². The molecule has 0 radical (unpaired) electrons. The van der Waals surface area contributed by atoms with Gasteiger partial charge in [0, 0.05) is 18.6 Å². The lowest BCUT2D eigenvalue weighted by atomic mass is 9.51. The van der Waals surface area contributed by atoms with Crippen molar-refractivity contribution in [1.29, 1.82) is 21.2 Å². The van der Waals surface area contributed by atoms with E-state index in [1.165, 1.54) is 24.3 Å². The molecule has 1 aliphatic carbocycles. The highest BCUT2D eigenvalue weighted by Gasteiger charge is 2.80. The third-order valence-corrected chi connectivity index (χ3v) is 6.20. The lowest BCUT2D eigenvalue weighted by Gasteiger charge is -2.51. The predicted molar refractivity (Wildman–Crippen MR) is 92.1 cm³/mol. The molecule has 9 nitrogen and oxygen atoms in total. The van der Waals surface area contributed by atoms with Crippen molar-refractivity contribution >= 4 is 11.6 Å². The highest BCUT2D eigenvalue weighted by Crippen LogP contribution is 2.69. The van der Waals surface area contributed by atoms with Crippen LogP contribution in [0, 0.1) is 66.3 Å². The summed E-state index contributed by atoms with van der Waals surface area (Å²) >= 11 is 0. The molecular weight excluding hydrogens is 362 g/mol. The van der Waals surface area contributed by atoms with E-state index in [1.54, 1.807) is 0 Å². The van der Waals surface area contributed by atoms with Crippen molar-refractivity contribution in [3.63, 3.8) is 0 Å². The third kappa shape index (κ3) is 1.88. The van der Waals surface area contributed by atoms with E-state index in [9.17, 15) is 25.9 Å². The summed E-state index contributed by atoms with van der Waals surface area (Å²) in [6, 6.07) is 11.5. The maximum Gasteiger partial charge on any atom is 0.269 e. The molecule has 9 heteroatoms.